The molecule has 1 aliphatic carbocycles. The van der Waals surface area contributed by atoms with Crippen LogP contribution >= 0.6 is 0 Å². The fourth-order valence-corrected chi connectivity index (χ4v) is 4.20. The Bertz CT molecular complexity index is 568. The Hall–Kier alpha value is -1.11. The zero-order valence-electron chi connectivity index (χ0n) is 12.7. The summed E-state index contributed by atoms with van der Waals surface area (Å²) in [5.41, 5.74) is 7.26. The van der Waals surface area contributed by atoms with Crippen LogP contribution in [0.2, 0.25) is 0 Å². The van der Waals surface area contributed by atoms with Crippen LogP contribution in [0.3, 0.4) is 0 Å². The smallest absolute Gasteiger partial charge is 0.279 e. The maximum absolute atomic E-state index is 12.5. The quantitative estimate of drug-likeness (QED) is 0.820. The second kappa shape index (κ2) is 6.77. The van der Waals surface area contributed by atoms with Crippen molar-refractivity contribution < 1.29 is 8.42 Å². The minimum absolute atomic E-state index is 0.115. The molecule has 0 heterocycles. The van der Waals surface area contributed by atoms with Crippen LogP contribution < -0.4 is 10.5 Å². The van der Waals surface area contributed by atoms with Crippen LogP contribution in [-0.2, 0) is 10.2 Å². The number of hydrogen-bond donors (Lipinski definition) is 2. The molecule has 2 rings (SSSR count). The molecule has 21 heavy (non-hydrogen) atoms. The third kappa shape index (κ3) is 4.18. The molecule has 1 aromatic carbocycles. The Morgan fingerprint density at radius 3 is 2.57 bits per heavy atom. The van der Waals surface area contributed by atoms with Gasteiger partial charge in [0.05, 0.1) is 0 Å². The molecule has 0 amide bonds. The van der Waals surface area contributed by atoms with Gasteiger partial charge < -0.3 is 5.73 Å². The van der Waals surface area contributed by atoms with Gasteiger partial charge in [-0.05, 0) is 37.5 Å². The molecule has 1 saturated carbocycles. The van der Waals surface area contributed by atoms with E-state index in [9.17, 15) is 8.42 Å². The molecule has 0 spiro atoms. The number of benzene rings is 1. The highest BCUT2D eigenvalue weighted by Gasteiger charge is 2.28. The van der Waals surface area contributed by atoms with Gasteiger partial charge >= 0.3 is 0 Å². The maximum atomic E-state index is 12.5. The molecule has 1 atom stereocenters. The summed E-state index contributed by atoms with van der Waals surface area (Å²) in [6.45, 7) is 1.83. The van der Waals surface area contributed by atoms with Crippen LogP contribution in [-0.4, -0.2) is 25.8 Å². The second-order valence-corrected chi connectivity index (χ2v) is 7.58. The molecule has 1 aliphatic rings. The molecule has 6 heteroatoms. The number of hydrogen-bond acceptors (Lipinski definition) is 3. The van der Waals surface area contributed by atoms with E-state index >= 15 is 0 Å². The van der Waals surface area contributed by atoms with Gasteiger partial charge in [0, 0.05) is 24.8 Å². The molecule has 1 unspecified atom stereocenters. The van der Waals surface area contributed by atoms with Crippen molar-refractivity contribution >= 4 is 15.9 Å². The van der Waals surface area contributed by atoms with Crippen molar-refractivity contribution in [3.8, 4) is 0 Å². The largest absolute Gasteiger partial charge is 0.399 e. The monoisotopic (exact) mass is 311 g/mol. The molecule has 0 saturated heterocycles. The van der Waals surface area contributed by atoms with E-state index in [1.165, 1.54) is 10.7 Å². The summed E-state index contributed by atoms with van der Waals surface area (Å²) in [5, 5.41) is 0. The predicted molar refractivity (Wildman–Crippen MR) is 86.0 cm³/mol. The highest BCUT2D eigenvalue weighted by atomic mass is 32.2. The van der Waals surface area contributed by atoms with Gasteiger partial charge in [-0.15, -0.1) is 0 Å². The lowest BCUT2D eigenvalue weighted by atomic mass is 9.96. The number of rotatable bonds is 5. The van der Waals surface area contributed by atoms with Crippen molar-refractivity contribution in [2.75, 3.05) is 12.8 Å². The number of nitrogens with one attached hydrogen (secondary N) is 1. The van der Waals surface area contributed by atoms with E-state index in [1.54, 1.807) is 19.2 Å². The molecule has 1 aromatic rings. The summed E-state index contributed by atoms with van der Waals surface area (Å²) in [6.07, 6.45) is 5.32. The minimum atomic E-state index is -3.48. The lowest BCUT2D eigenvalue weighted by Gasteiger charge is -2.31. The highest BCUT2D eigenvalue weighted by Crippen LogP contribution is 2.24. The molecule has 118 valence electrons. The van der Waals surface area contributed by atoms with E-state index in [2.05, 4.69) is 4.72 Å². The van der Waals surface area contributed by atoms with Crippen molar-refractivity contribution in [1.29, 1.82) is 0 Å². The molecule has 0 aliphatic heterocycles. The van der Waals surface area contributed by atoms with Crippen LogP contribution in [0.15, 0.2) is 24.3 Å². The molecule has 3 N–H and O–H groups in total. The summed E-state index contributed by atoms with van der Waals surface area (Å²) in [5.74, 6) is 0. The third-order valence-electron chi connectivity index (χ3n) is 4.20. The van der Waals surface area contributed by atoms with E-state index in [-0.39, 0.29) is 12.1 Å². The molecule has 1 fully saturated rings. The Morgan fingerprint density at radius 2 is 1.95 bits per heavy atom. The normalized spacial score (nSPS) is 18.8. The van der Waals surface area contributed by atoms with Crippen molar-refractivity contribution in [2.24, 2.45) is 0 Å². The van der Waals surface area contributed by atoms with Crippen molar-refractivity contribution in [2.45, 2.75) is 51.1 Å². The number of nitrogen functional groups attached to an aromatic ring is 1. The lowest BCUT2D eigenvalue weighted by molar-refractivity contribution is 0.281. The van der Waals surface area contributed by atoms with Crippen molar-refractivity contribution in [3.05, 3.63) is 29.8 Å². The average molecular weight is 311 g/mol. The van der Waals surface area contributed by atoms with Crippen molar-refractivity contribution in [3.63, 3.8) is 0 Å². The van der Waals surface area contributed by atoms with Crippen molar-refractivity contribution in [1.82, 2.24) is 9.03 Å². The van der Waals surface area contributed by atoms with Gasteiger partial charge in [-0.25, -0.2) is 0 Å². The molecular formula is C15H25N3O2S. The Balaban J connectivity index is 2.05. The molecule has 0 radical (unpaired) electrons. The number of nitrogens with zero attached hydrogens (tertiary/aromatic N) is 1. The maximum Gasteiger partial charge on any atom is 0.279 e. The SMILES string of the molecule is CC(NS(=O)(=O)N(C)C1CCCCC1)c1cccc(N)c1. The van der Waals surface area contributed by atoms with Gasteiger partial charge in [0.1, 0.15) is 0 Å². The first-order valence-corrected chi connectivity index (χ1v) is 8.95. The van der Waals surface area contributed by atoms with E-state index < -0.39 is 10.2 Å². The molecule has 0 aromatic heterocycles. The van der Waals surface area contributed by atoms with Gasteiger partial charge in [0.25, 0.3) is 10.2 Å². The van der Waals surface area contributed by atoms with Gasteiger partial charge in [-0.2, -0.15) is 17.4 Å². The standard InChI is InChI=1S/C15H25N3O2S/c1-12(13-7-6-8-14(16)11-13)17-21(19,20)18(2)15-9-4-3-5-10-15/h6-8,11-12,15,17H,3-5,9-10,16H2,1-2H3. The van der Waals surface area contributed by atoms with E-state index in [0.717, 1.165) is 31.2 Å². The van der Waals surface area contributed by atoms with Crippen LogP contribution in [0.1, 0.15) is 50.6 Å². The third-order valence-corrected chi connectivity index (χ3v) is 5.91. The summed E-state index contributed by atoms with van der Waals surface area (Å²) >= 11 is 0. The zero-order chi connectivity index (χ0) is 15.5. The first-order valence-electron chi connectivity index (χ1n) is 7.51. The topological polar surface area (TPSA) is 75.4 Å². The Kier molecular flexibility index (Phi) is 5.24. The Labute approximate surface area is 127 Å². The zero-order valence-corrected chi connectivity index (χ0v) is 13.6. The van der Waals surface area contributed by atoms with Gasteiger partial charge in [-0.3, -0.25) is 0 Å². The van der Waals surface area contributed by atoms with E-state index in [0.29, 0.717) is 5.69 Å². The number of anilines is 1. The van der Waals surface area contributed by atoms with Crippen LogP contribution in [0.25, 0.3) is 0 Å². The first kappa shape index (κ1) is 16.3. The second-order valence-electron chi connectivity index (χ2n) is 5.82. The van der Waals surface area contributed by atoms with Crippen LogP contribution in [0.5, 0.6) is 0 Å². The summed E-state index contributed by atoms with van der Waals surface area (Å²) in [6, 6.07) is 7.12. The minimum Gasteiger partial charge on any atom is -0.399 e. The van der Waals surface area contributed by atoms with Crippen LogP contribution in [0, 0.1) is 0 Å². The predicted octanol–water partition coefficient (Wildman–Crippen LogP) is 2.43. The van der Waals surface area contributed by atoms with Gasteiger partial charge in [-0.1, -0.05) is 31.4 Å². The molecule has 5 nitrogen and oxygen atoms in total. The lowest BCUT2D eigenvalue weighted by Crippen LogP contribution is -2.45. The molecule has 0 bridgehead atoms. The summed E-state index contributed by atoms with van der Waals surface area (Å²) in [7, 11) is -1.81. The fourth-order valence-electron chi connectivity index (χ4n) is 2.84. The first-order chi connectivity index (χ1) is 9.90. The molecular weight excluding hydrogens is 286 g/mol. The fraction of sp³-hybridized carbons (Fsp3) is 0.600. The van der Waals surface area contributed by atoms with E-state index in [1.807, 2.05) is 19.1 Å². The number of nitrogens with two attached hydrogens (primary N) is 1. The van der Waals surface area contributed by atoms with Crippen LogP contribution in [0.4, 0.5) is 5.69 Å². The summed E-state index contributed by atoms with van der Waals surface area (Å²) < 4.78 is 29.2. The van der Waals surface area contributed by atoms with Gasteiger partial charge in [0.2, 0.25) is 0 Å². The average Bonchev–Trinajstić information content (AvgIpc) is 2.47. The summed E-state index contributed by atoms with van der Waals surface area (Å²) in [4.78, 5) is 0. The Morgan fingerprint density at radius 1 is 1.29 bits per heavy atom. The van der Waals surface area contributed by atoms with E-state index in [4.69, 9.17) is 5.73 Å². The highest BCUT2D eigenvalue weighted by molar-refractivity contribution is 7.87. The van der Waals surface area contributed by atoms with Gasteiger partial charge in [0.15, 0.2) is 0 Å².